The minimum atomic E-state index is -1.35. The Balaban J connectivity index is 1.56. The predicted molar refractivity (Wildman–Crippen MR) is 90.1 cm³/mol. The number of hydrogen-bond acceptors (Lipinski definition) is 6. The van der Waals surface area contributed by atoms with Crippen LogP contribution in [0.1, 0.15) is 12.5 Å². The van der Waals surface area contributed by atoms with E-state index in [1.807, 2.05) is 0 Å². The van der Waals surface area contributed by atoms with Crippen LogP contribution >= 0.6 is 0 Å². The lowest BCUT2D eigenvalue weighted by Crippen LogP contribution is -2.45. The average molecular weight is 374 g/mol. The van der Waals surface area contributed by atoms with E-state index < -0.39 is 36.0 Å². The molecule has 0 bridgehead atoms. The van der Waals surface area contributed by atoms with E-state index in [0.717, 1.165) is 9.80 Å². The molecule has 2 N–H and O–H groups in total. The molecule has 4 rings (SSSR count). The molecule has 3 heterocycles. The lowest BCUT2D eigenvalue weighted by atomic mass is 9.91. The van der Waals surface area contributed by atoms with Crippen LogP contribution in [-0.4, -0.2) is 66.5 Å². The number of nitrogens with one attached hydrogen (secondary N) is 2. The quantitative estimate of drug-likeness (QED) is 0.706. The fraction of sp³-hybridized carbons (Fsp3) is 0.412. The highest BCUT2D eigenvalue weighted by molar-refractivity contribution is 6.10. The number of benzene rings is 1. The van der Waals surface area contributed by atoms with Gasteiger partial charge in [0.25, 0.3) is 11.8 Å². The summed E-state index contributed by atoms with van der Waals surface area (Å²) in [5.74, 6) is -0.125. The second kappa shape index (κ2) is 6.15. The van der Waals surface area contributed by atoms with Crippen LogP contribution in [0.4, 0.5) is 9.59 Å². The maximum Gasteiger partial charge on any atom is 0.325 e. The number of carbonyl (C=O) groups is 4. The van der Waals surface area contributed by atoms with Crippen molar-refractivity contribution in [1.29, 1.82) is 0 Å². The third-order valence-corrected chi connectivity index (χ3v) is 4.85. The van der Waals surface area contributed by atoms with Crippen LogP contribution < -0.4 is 20.1 Å². The Morgan fingerprint density at radius 3 is 2.59 bits per heavy atom. The lowest BCUT2D eigenvalue weighted by molar-refractivity contribution is -0.137. The van der Waals surface area contributed by atoms with Gasteiger partial charge in [-0.1, -0.05) is 6.07 Å². The van der Waals surface area contributed by atoms with Crippen LogP contribution in [-0.2, 0) is 15.1 Å². The van der Waals surface area contributed by atoms with E-state index in [9.17, 15) is 19.2 Å². The van der Waals surface area contributed by atoms with E-state index in [2.05, 4.69) is 10.6 Å². The first-order valence-electron chi connectivity index (χ1n) is 8.52. The zero-order chi connectivity index (χ0) is 19.2. The molecule has 3 aliphatic heterocycles. The molecule has 2 fully saturated rings. The fourth-order valence-corrected chi connectivity index (χ4v) is 3.32. The molecule has 0 spiro atoms. The number of imide groups is 2. The Labute approximate surface area is 154 Å². The first-order valence-corrected chi connectivity index (χ1v) is 8.52. The van der Waals surface area contributed by atoms with Gasteiger partial charge in [0.15, 0.2) is 11.5 Å². The monoisotopic (exact) mass is 374 g/mol. The standard InChI is InChI=1S/C17H18N4O6/c1-17(10-2-3-11-12(8-10)27-7-6-26-11)14(23)21(16(25)19-17)9-13(22)20-5-4-18-15(20)24/h2-3,8H,4-7,9H2,1H3,(H,18,24)(H,19,25). The van der Waals surface area contributed by atoms with Crippen molar-refractivity contribution in [3.63, 3.8) is 0 Å². The van der Waals surface area contributed by atoms with Crippen LogP contribution in [0.25, 0.3) is 0 Å². The summed E-state index contributed by atoms with van der Waals surface area (Å²) >= 11 is 0. The number of rotatable bonds is 3. The number of urea groups is 2. The topological polar surface area (TPSA) is 117 Å². The van der Waals surface area contributed by atoms with Crippen LogP contribution in [0.2, 0.25) is 0 Å². The van der Waals surface area contributed by atoms with Crippen molar-refractivity contribution >= 4 is 23.9 Å². The molecule has 1 atom stereocenters. The maximum atomic E-state index is 12.9. The molecule has 10 nitrogen and oxygen atoms in total. The molecule has 0 aliphatic carbocycles. The Hall–Kier alpha value is -3.30. The molecule has 3 aliphatic rings. The Morgan fingerprint density at radius 1 is 1.15 bits per heavy atom. The van der Waals surface area contributed by atoms with E-state index in [0.29, 0.717) is 36.8 Å². The van der Waals surface area contributed by atoms with Crippen molar-refractivity contribution in [3.05, 3.63) is 23.8 Å². The van der Waals surface area contributed by atoms with Crippen molar-refractivity contribution < 1.29 is 28.7 Å². The summed E-state index contributed by atoms with van der Waals surface area (Å²) < 4.78 is 11.0. The Morgan fingerprint density at radius 2 is 1.89 bits per heavy atom. The van der Waals surface area contributed by atoms with Crippen molar-refractivity contribution in [2.45, 2.75) is 12.5 Å². The number of nitrogens with zero attached hydrogens (tertiary/aromatic N) is 2. The van der Waals surface area contributed by atoms with Gasteiger partial charge in [-0.15, -0.1) is 0 Å². The largest absolute Gasteiger partial charge is 0.486 e. The summed E-state index contributed by atoms with van der Waals surface area (Å²) in [7, 11) is 0. The van der Waals surface area contributed by atoms with Gasteiger partial charge in [0.1, 0.15) is 25.3 Å². The van der Waals surface area contributed by atoms with E-state index in [-0.39, 0.29) is 6.54 Å². The van der Waals surface area contributed by atoms with Crippen LogP contribution in [0.5, 0.6) is 11.5 Å². The smallest absolute Gasteiger partial charge is 0.325 e. The molecule has 0 saturated carbocycles. The van der Waals surface area contributed by atoms with Gasteiger partial charge >= 0.3 is 12.1 Å². The highest BCUT2D eigenvalue weighted by Crippen LogP contribution is 2.36. The first-order chi connectivity index (χ1) is 12.9. The molecule has 27 heavy (non-hydrogen) atoms. The van der Waals surface area contributed by atoms with Crippen molar-refractivity contribution in [2.24, 2.45) is 0 Å². The first kappa shape index (κ1) is 17.1. The van der Waals surface area contributed by atoms with Gasteiger partial charge in [-0.05, 0) is 24.6 Å². The second-order valence-corrected chi connectivity index (χ2v) is 6.58. The van der Waals surface area contributed by atoms with Gasteiger partial charge < -0.3 is 20.1 Å². The summed E-state index contributed by atoms with van der Waals surface area (Å²) in [6.45, 7) is 2.45. The molecule has 1 aromatic carbocycles. The highest BCUT2D eigenvalue weighted by atomic mass is 16.6. The number of amides is 6. The van der Waals surface area contributed by atoms with Gasteiger partial charge in [-0.25, -0.2) is 9.59 Å². The zero-order valence-corrected chi connectivity index (χ0v) is 14.6. The van der Waals surface area contributed by atoms with Crippen molar-refractivity contribution in [1.82, 2.24) is 20.4 Å². The minimum Gasteiger partial charge on any atom is -0.486 e. The molecule has 1 aromatic rings. The molecule has 142 valence electrons. The summed E-state index contributed by atoms with van der Waals surface area (Å²) in [6, 6.07) is 3.78. The van der Waals surface area contributed by atoms with Crippen LogP contribution in [0.15, 0.2) is 18.2 Å². The maximum absolute atomic E-state index is 12.9. The van der Waals surface area contributed by atoms with E-state index in [1.165, 1.54) is 0 Å². The molecule has 2 saturated heterocycles. The SMILES string of the molecule is CC1(c2ccc3c(c2)OCCO3)NC(=O)N(CC(=O)N2CCNC2=O)C1=O. The number of ether oxygens (including phenoxy) is 2. The summed E-state index contributed by atoms with van der Waals surface area (Å²) in [4.78, 5) is 51.0. The van der Waals surface area contributed by atoms with Gasteiger partial charge in [-0.2, -0.15) is 0 Å². The molecule has 1 unspecified atom stereocenters. The average Bonchev–Trinajstić information content (AvgIpc) is 3.18. The van der Waals surface area contributed by atoms with E-state index >= 15 is 0 Å². The highest BCUT2D eigenvalue weighted by Gasteiger charge is 2.50. The predicted octanol–water partition coefficient (Wildman–Crippen LogP) is -0.223. The number of fused-ring (bicyclic) bond motifs is 1. The molecule has 10 heteroatoms. The number of carbonyl (C=O) groups excluding carboxylic acids is 4. The van der Waals surface area contributed by atoms with Crippen molar-refractivity contribution in [2.75, 3.05) is 32.8 Å². The Bertz CT molecular complexity index is 856. The van der Waals surface area contributed by atoms with Gasteiger partial charge in [0.2, 0.25) is 0 Å². The summed E-state index contributed by atoms with van der Waals surface area (Å²) in [5.41, 5.74) is -0.834. The molecular weight excluding hydrogens is 356 g/mol. The molecule has 6 amide bonds. The van der Waals surface area contributed by atoms with E-state index in [1.54, 1.807) is 25.1 Å². The zero-order valence-electron chi connectivity index (χ0n) is 14.6. The summed E-state index contributed by atoms with van der Waals surface area (Å²) in [5, 5.41) is 5.14. The fourth-order valence-electron chi connectivity index (χ4n) is 3.32. The van der Waals surface area contributed by atoms with Gasteiger partial charge in [0, 0.05) is 13.1 Å². The van der Waals surface area contributed by atoms with Gasteiger partial charge in [0.05, 0.1) is 0 Å². The molecular formula is C17H18N4O6. The molecule has 0 radical (unpaired) electrons. The second-order valence-electron chi connectivity index (χ2n) is 6.58. The summed E-state index contributed by atoms with van der Waals surface area (Å²) in [6.07, 6.45) is 0. The minimum absolute atomic E-state index is 0.209. The third-order valence-electron chi connectivity index (χ3n) is 4.85. The van der Waals surface area contributed by atoms with Crippen molar-refractivity contribution in [3.8, 4) is 11.5 Å². The van der Waals surface area contributed by atoms with Crippen LogP contribution in [0, 0.1) is 0 Å². The van der Waals surface area contributed by atoms with Crippen LogP contribution in [0.3, 0.4) is 0 Å². The lowest BCUT2D eigenvalue weighted by Gasteiger charge is -2.25. The third kappa shape index (κ3) is 2.73. The Kier molecular flexibility index (Phi) is 3.90. The normalized spacial score (nSPS) is 24.1. The van der Waals surface area contributed by atoms with E-state index in [4.69, 9.17) is 9.47 Å². The van der Waals surface area contributed by atoms with Gasteiger partial charge in [-0.3, -0.25) is 19.4 Å². The number of hydrogen-bond donors (Lipinski definition) is 2. The molecule has 0 aromatic heterocycles.